The van der Waals surface area contributed by atoms with Crippen LogP contribution < -0.4 is 4.74 Å². The number of benzene rings is 1. The summed E-state index contributed by atoms with van der Waals surface area (Å²) in [4.78, 5) is 2.27. The summed E-state index contributed by atoms with van der Waals surface area (Å²) in [6, 6.07) is 5.40. The molecule has 0 unspecified atom stereocenters. The molecule has 2 nitrogen and oxygen atoms in total. The molecule has 0 amide bonds. The van der Waals surface area contributed by atoms with Gasteiger partial charge in [-0.3, -0.25) is 0 Å². The summed E-state index contributed by atoms with van der Waals surface area (Å²) in [5.41, 5.74) is 1.02. The number of likely N-dealkylation sites (N-methyl/N-ethyl adjacent to an activating group) is 1. The quantitative estimate of drug-likeness (QED) is 0.781. The summed E-state index contributed by atoms with van der Waals surface area (Å²) >= 11 is 0. The number of ether oxygens (including phenoxy) is 1. The Hall–Kier alpha value is -1.09. The van der Waals surface area contributed by atoms with Gasteiger partial charge in [0.05, 0.1) is 0 Å². The fourth-order valence-corrected chi connectivity index (χ4v) is 2.10. The topological polar surface area (TPSA) is 12.5 Å². The minimum atomic E-state index is -0.272. The first-order chi connectivity index (χ1) is 7.66. The van der Waals surface area contributed by atoms with Crippen molar-refractivity contribution >= 4 is 0 Å². The highest BCUT2D eigenvalue weighted by atomic mass is 19.1. The fourth-order valence-electron chi connectivity index (χ4n) is 2.10. The molecule has 0 spiro atoms. The second-order valence-electron chi connectivity index (χ2n) is 4.52. The lowest BCUT2D eigenvalue weighted by molar-refractivity contribution is 0.193. The number of hydrogen-bond donors (Lipinski definition) is 0. The number of hydrogen-bond acceptors (Lipinski definition) is 2. The molecule has 1 saturated heterocycles. The lowest BCUT2D eigenvalue weighted by atomic mass is 10.2. The first kappa shape index (κ1) is 11.4. The van der Waals surface area contributed by atoms with E-state index < -0.39 is 0 Å². The van der Waals surface area contributed by atoms with E-state index >= 15 is 0 Å². The molecule has 88 valence electrons. The molecule has 1 atom stereocenters. The third kappa shape index (κ3) is 2.53. The highest BCUT2D eigenvalue weighted by Gasteiger charge is 2.21. The van der Waals surface area contributed by atoms with E-state index in [1.807, 2.05) is 6.92 Å². The molecule has 0 aliphatic carbocycles. The molecule has 0 aromatic heterocycles. The molecule has 16 heavy (non-hydrogen) atoms. The van der Waals surface area contributed by atoms with Crippen LogP contribution >= 0.6 is 0 Å². The second kappa shape index (κ2) is 4.83. The number of nitrogens with zero attached hydrogens (tertiary/aromatic N) is 1. The molecular weight excluding hydrogens is 205 g/mol. The van der Waals surface area contributed by atoms with Crippen LogP contribution in [0.15, 0.2) is 18.2 Å². The van der Waals surface area contributed by atoms with Gasteiger partial charge in [0.15, 0.2) is 11.6 Å². The summed E-state index contributed by atoms with van der Waals surface area (Å²) in [6.45, 7) is 3.63. The second-order valence-corrected chi connectivity index (χ2v) is 4.52. The van der Waals surface area contributed by atoms with E-state index in [1.165, 1.54) is 12.5 Å². The monoisotopic (exact) mass is 223 g/mol. The lowest BCUT2D eigenvalue weighted by Gasteiger charge is -2.19. The third-order valence-corrected chi connectivity index (χ3v) is 3.19. The van der Waals surface area contributed by atoms with E-state index in [4.69, 9.17) is 4.74 Å². The molecule has 1 fully saturated rings. The van der Waals surface area contributed by atoms with Crippen molar-refractivity contribution in [1.82, 2.24) is 4.90 Å². The van der Waals surface area contributed by atoms with Gasteiger partial charge in [0.2, 0.25) is 0 Å². The normalized spacial score (nSPS) is 21.3. The van der Waals surface area contributed by atoms with Crippen LogP contribution in [0.3, 0.4) is 0 Å². The summed E-state index contributed by atoms with van der Waals surface area (Å²) < 4.78 is 19.0. The third-order valence-electron chi connectivity index (χ3n) is 3.19. The first-order valence-electron chi connectivity index (χ1n) is 5.76. The van der Waals surface area contributed by atoms with Gasteiger partial charge in [-0.25, -0.2) is 4.39 Å². The van der Waals surface area contributed by atoms with Crippen molar-refractivity contribution in [3.05, 3.63) is 29.6 Å². The molecule has 0 saturated carbocycles. The van der Waals surface area contributed by atoms with Gasteiger partial charge < -0.3 is 9.64 Å². The first-order valence-corrected chi connectivity index (χ1v) is 5.76. The maximum atomic E-state index is 13.4. The molecule has 3 heteroatoms. The molecule has 1 aromatic rings. The van der Waals surface area contributed by atoms with Crippen molar-refractivity contribution in [2.45, 2.75) is 25.8 Å². The average Bonchev–Trinajstić information content (AvgIpc) is 2.66. The highest BCUT2D eigenvalue weighted by Crippen LogP contribution is 2.21. The van der Waals surface area contributed by atoms with Gasteiger partial charge >= 0.3 is 0 Å². The van der Waals surface area contributed by atoms with Crippen molar-refractivity contribution < 1.29 is 9.13 Å². The molecule has 1 aliphatic heterocycles. The summed E-state index contributed by atoms with van der Waals surface area (Å²) in [7, 11) is 2.09. The lowest BCUT2D eigenvalue weighted by Crippen LogP contribution is -2.30. The molecule has 1 heterocycles. The zero-order valence-corrected chi connectivity index (χ0v) is 9.87. The Bertz CT molecular complexity index is 367. The largest absolute Gasteiger partial charge is 0.489 e. The van der Waals surface area contributed by atoms with Crippen molar-refractivity contribution in [1.29, 1.82) is 0 Å². The maximum Gasteiger partial charge on any atom is 0.165 e. The fraction of sp³-hybridized carbons (Fsp3) is 0.538. The predicted octanol–water partition coefficient (Wildman–Crippen LogP) is 2.61. The Balaban J connectivity index is 1.96. The highest BCUT2D eigenvalue weighted by molar-refractivity contribution is 5.29. The predicted molar refractivity (Wildman–Crippen MR) is 62.3 cm³/mol. The molecule has 1 aliphatic rings. The van der Waals surface area contributed by atoms with Gasteiger partial charge in [-0.15, -0.1) is 0 Å². The Morgan fingerprint density at radius 2 is 2.31 bits per heavy atom. The maximum absolute atomic E-state index is 13.4. The van der Waals surface area contributed by atoms with Crippen LogP contribution in [0.25, 0.3) is 0 Å². The van der Waals surface area contributed by atoms with Crippen LogP contribution in [-0.4, -0.2) is 31.1 Å². The van der Waals surface area contributed by atoms with Crippen molar-refractivity contribution in [3.8, 4) is 5.75 Å². The number of halogens is 1. The van der Waals surface area contributed by atoms with E-state index in [0.717, 1.165) is 18.5 Å². The molecule has 0 radical (unpaired) electrons. The molecule has 1 aromatic carbocycles. The van der Waals surface area contributed by atoms with Crippen LogP contribution in [0.5, 0.6) is 5.75 Å². The summed E-state index contributed by atoms with van der Waals surface area (Å²) in [5.74, 6) is 0.103. The van der Waals surface area contributed by atoms with E-state index in [1.54, 1.807) is 12.1 Å². The van der Waals surface area contributed by atoms with Crippen LogP contribution in [0.1, 0.15) is 18.4 Å². The van der Waals surface area contributed by atoms with Gasteiger partial charge in [-0.05, 0) is 51.1 Å². The minimum absolute atomic E-state index is 0.272. The number of aryl methyl sites for hydroxylation is 1. The van der Waals surface area contributed by atoms with E-state index in [9.17, 15) is 4.39 Å². The number of rotatable bonds is 3. The molecular formula is C13H18FNO. The smallest absolute Gasteiger partial charge is 0.165 e. The zero-order chi connectivity index (χ0) is 11.5. The van der Waals surface area contributed by atoms with Crippen LogP contribution in [0, 0.1) is 12.7 Å². The zero-order valence-electron chi connectivity index (χ0n) is 9.87. The summed E-state index contributed by atoms with van der Waals surface area (Å²) in [6.07, 6.45) is 2.35. The van der Waals surface area contributed by atoms with Crippen LogP contribution in [0.4, 0.5) is 4.39 Å². The molecule has 0 bridgehead atoms. The van der Waals surface area contributed by atoms with Gasteiger partial charge in [0.1, 0.15) is 6.61 Å². The standard InChI is InChI=1S/C13H18FNO/c1-10-5-6-12(14)13(8-10)16-9-11-4-3-7-15(11)2/h5-6,8,11H,3-4,7,9H2,1-2H3/t11-/m1/s1. The van der Waals surface area contributed by atoms with Crippen molar-refractivity contribution in [2.75, 3.05) is 20.2 Å². The van der Waals surface area contributed by atoms with Crippen LogP contribution in [-0.2, 0) is 0 Å². The molecule has 2 rings (SSSR count). The van der Waals surface area contributed by atoms with Crippen molar-refractivity contribution in [2.24, 2.45) is 0 Å². The SMILES string of the molecule is Cc1ccc(F)c(OC[C@H]2CCCN2C)c1. The van der Waals surface area contributed by atoms with Gasteiger partial charge in [0.25, 0.3) is 0 Å². The molecule has 0 N–H and O–H groups in total. The Morgan fingerprint density at radius 3 is 3.00 bits per heavy atom. The van der Waals surface area contributed by atoms with Crippen LogP contribution in [0.2, 0.25) is 0 Å². The van der Waals surface area contributed by atoms with E-state index in [-0.39, 0.29) is 5.82 Å². The van der Waals surface area contributed by atoms with E-state index in [0.29, 0.717) is 18.4 Å². The Kier molecular flexibility index (Phi) is 3.44. The Labute approximate surface area is 96.0 Å². The number of likely N-dealkylation sites (tertiary alicyclic amines) is 1. The van der Waals surface area contributed by atoms with Gasteiger partial charge in [-0.2, -0.15) is 0 Å². The van der Waals surface area contributed by atoms with Gasteiger partial charge in [0, 0.05) is 6.04 Å². The summed E-state index contributed by atoms with van der Waals surface area (Å²) in [5, 5.41) is 0. The van der Waals surface area contributed by atoms with Crippen molar-refractivity contribution in [3.63, 3.8) is 0 Å². The minimum Gasteiger partial charge on any atom is -0.489 e. The van der Waals surface area contributed by atoms with Gasteiger partial charge in [-0.1, -0.05) is 6.07 Å². The van der Waals surface area contributed by atoms with E-state index in [2.05, 4.69) is 11.9 Å². The average molecular weight is 223 g/mol. The Morgan fingerprint density at radius 1 is 1.50 bits per heavy atom.